The highest BCUT2D eigenvalue weighted by atomic mass is 32.1. The predicted molar refractivity (Wildman–Crippen MR) is 81.9 cm³/mol. The number of rotatable bonds is 4. The number of nitro groups is 1. The SMILES string of the molecule is O=C(OCc1csc([N+](=O)[O-])c1)c1cc2ccccc2s1. The molecule has 0 aliphatic heterocycles. The largest absolute Gasteiger partial charge is 0.457 e. The fourth-order valence-electron chi connectivity index (χ4n) is 1.84. The van der Waals surface area contributed by atoms with Crippen LogP contribution in [0.4, 0.5) is 5.00 Å². The Balaban J connectivity index is 1.69. The molecule has 1 aromatic carbocycles. The van der Waals surface area contributed by atoms with E-state index in [1.165, 1.54) is 17.4 Å². The number of nitrogens with zero attached hydrogens (tertiary/aromatic N) is 1. The van der Waals surface area contributed by atoms with Crippen LogP contribution in [0, 0.1) is 10.1 Å². The summed E-state index contributed by atoms with van der Waals surface area (Å²) >= 11 is 2.39. The van der Waals surface area contributed by atoms with Crippen molar-refractivity contribution in [2.75, 3.05) is 0 Å². The number of thiophene rings is 2. The number of hydrogen-bond acceptors (Lipinski definition) is 6. The van der Waals surface area contributed by atoms with E-state index in [1.807, 2.05) is 24.3 Å². The van der Waals surface area contributed by atoms with Gasteiger partial charge < -0.3 is 4.74 Å². The highest BCUT2D eigenvalue weighted by molar-refractivity contribution is 7.20. The van der Waals surface area contributed by atoms with Gasteiger partial charge in [-0.2, -0.15) is 0 Å². The number of carbonyl (C=O) groups excluding carboxylic acids is 1. The highest BCUT2D eigenvalue weighted by Crippen LogP contribution is 2.27. The molecule has 3 aromatic rings. The first kappa shape index (κ1) is 13.7. The fraction of sp³-hybridized carbons (Fsp3) is 0.0714. The monoisotopic (exact) mass is 319 g/mol. The molecule has 0 amide bonds. The molecule has 0 saturated carbocycles. The normalized spacial score (nSPS) is 10.7. The summed E-state index contributed by atoms with van der Waals surface area (Å²) in [4.78, 5) is 22.6. The van der Waals surface area contributed by atoms with Gasteiger partial charge in [0, 0.05) is 21.7 Å². The molecule has 5 nitrogen and oxygen atoms in total. The molecule has 0 aliphatic rings. The Morgan fingerprint density at radius 3 is 2.81 bits per heavy atom. The van der Waals surface area contributed by atoms with Crippen molar-refractivity contribution in [3.63, 3.8) is 0 Å². The van der Waals surface area contributed by atoms with Crippen LogP contribution in [0.15, 0.2) is 41.8 Å². The maximum atomic E-state index is 12.0. The third-order valence-corrected chi connectivity index (χ3v) is 4.84. The molecule has 0 radical (unpaired) electrons. The van der Waals surface area contributed by atoms with Crippen molar-refractivity contribution in [3.05, 3.63) is 62.3 Å². The summed E-state index contributed by atoms with van der Waals surface area (Å²) in [6.07, 6.45) is 0. The van der Waals surface area contributed by atoms with Gasteiger partial charge in [-0.25, -0.2) is 4.79 Å². The van der Waals surface area contributed by atoms with Crippen LogP contribution < -0.4 is 0 Å². The zero-order valence-corrected chi connectivity index (χ0v) is 12.3. The highest BCUT2D eigenvalue weighted by Gasteiger charge is 2.14. The van der Waals surface area contributed by atoms with Crippen LogP contribution in [0.5, 0.6) is 0 Å². The van der Waals surface area contributed by atoms with Gasteiger partial charge in [-0.05, 0) is 17.5 Å². The van der Waals surface area contributed by atoms with Crippen LogP contribution in [0.1, 0.15) is 15.2 Å². The smallest absolute Gasteiger partial charge is 0.348 e. The summed E-state index contributed by atoms with van der Waals surface area (Å²) in [7, 11) is 0. The number of carbonyl (C=O) groups is 1. The molecule has 0 unspecified atom stereocenters. The van der Waals surface area contributed by atoms with E-state index in [0.29, 0.717) is 10.4 Å². The van der Waals surface area contributed by atoms with E-state index in [1.54, 1.807) is 11.4 Å². The van der Waals surface area contributed by atoms with Crippen LogP contribution in [0.25, 0.3) is 10.1 Å². The molecular weight excluding hydrogens is 310 g/mol. The van der Waals surface area contributed by atoms with E-state index in [0.717, 1.165) is 21.4 Å². The third-order valence-electron chi connectivity index (χ3n) is 2.82. The Morgan fingerprint density at radius 1 is 1.29 bits per heavy atom. The molecule has 0 fully saturated rings. The van der Waals surface area contributed by atoms with Gasteiger partial charge in [-0.1, -0.05) is 29.5 Å². The van der Waals surface area contributed by atoms with Gasteiger partial charge in [-0.3, -0.25) is 10.1 Å². The Bertz CT molecular complexity index is 788. The van der Waals surface area contributed by atoms with E-state index in [4.69, 9.17) is 4.74 Å². The van der Waals surface area contributed by atoms with Crippen LogP contribution in [0.3, 0.4) is 0 Å². The molecule has 0 aliphatic carbocycles. The molecule has 2 aromatic heterocycles. The number of fused-ring (bicyclic) bond motifs is 1. The number of hydrogen-bond donors (Lipinski definition) is 0. The molecule has 7 heteroatoms. The van der Waals surface area contributed by atoms with Crippen LogP contribution >= 0.6 is 22.7 Å². The van der Waals surface area contributed by atoms with E-state index in [-0.39, 0.29) is 11.6 Å². The van der Waals surface area contributed by atoms with E-state index in [2.05, 4.69) is 0 Å². The molecule has 0 bridgehead atoms. The predicted octanol–water partition coefficient (Wildman–Crippen LogP) is 4.23. The first-order valence-corrected chi connectivity index (χ1v) is 7.70. The molecule has 0 saturated heterocycles. The molecule has 0 atom stereocenters. The minimum absolute atomic E-state index is 0.0391. The molecule has 2 heterocycles. The van der Waals surface area contributed by atoms with Crippen molar-refractivity contribution >= 4 is 43.7 Å². The Kier molecular flexibility index (Phi) is 3.68. The van der Waals surface area contributed by atoms with Crippen LogP contribution in [0.2, 0.25) is 0 Å². The zero-order valence-electron chi connectivity index (χ0n) is 10.6. The molecule has 21 heavy (non-hydrogen) atoms. The van der Waals surface area contributed by atoms with Crippen molar-refractivity contribution in [2.45, 2.75) is 6.61 Å². The van der Waals surface area contributed by atoms with Gasteiger partial charge in [0.05, 0.1) is 4.92 Å². The minimum Gasteiger partial charge on any atom is -0.457 e. The maximum absolute atomic E-state index is 12.0. The van der Waals surface area contributed by atoms with Gasteiger partial charge >= 0.3 is 11.0 Å². The first-order chi connectivity index (χ1) is 10.1. The van der Waals surface area contributed by atoms with Crippen molar-refractivity contribution in [3.8, 4) is 0 Å². The fourth-order valence-corrected chi connectivity index (χ4v) is 3.51. The van der Waals surface area contributed by atoms with E-state index >= 15 is 0 Å². The first-order valence-electron chi connectivity index (χ1n) is 6.01. The van der Waals surface area contributed by atoms with Gasteiger partial charge in [0.15, 0.2) is 0 Å². The molecule has 3 rings (SSSR count). The second-order valence-electron chi connectivity index (χ2n) is 4.27. The molecular formula is C14H9NO4S2. The molecule has 0 N–H and O–H groups in total. The quantitative estimate of drug-likeness (QED) is 0.410. The Hall–Kier alpha value is -2.25. The second kappa shape index (κ2) is 5.63. The summed E-state index contributed by atoms with van der Waals surface area (Å²) in [5, 5.41) is 13.2. The topological polar surface area (TPSA) is 69.4 Å². The zero-order chi connectivity index (χ0) is 14.8. The Labute approximate surface area is 127 Å². The average molecular weight is 319 g/mol. The lowest BCUT2D eigenvalue weighted by Crippen LogP contribution is -2.02. The lowest BCUT2D eigenvalue weighted by Gasteiger charge is -2.00. The third kappa shape index (κ3) is 2.93. The standard InChI is InChI=1S/C14H9NO4S2/c16-14(12-6-10-3-1-2-4-11(10)21-12)19-7-9-5-13(15(17)18)20-8-9/h1-6,8H,7H2. The summed E-state index contributed by atoms with van der Waals surface area (Å²) in [6, 6.07) is 10.9. The number of benzene rings is 1. The number of esters is 1. The van der Waals surface area contributed by atoms with Crippen LogP contribution in [-0.4, -0.2) is 10.9 Å². The summed E-state index contributed by atoms with van der Waals surface area (Å²) in [5.41, 5.74) is 0.626. The number of ether oxygens (including phenoxy) is 1. The summed E-state index contributed by atoms with van der Waals surface area (Å²) < 4.78 is 6.22. The van der Waals surface area contributed by atoms with Gasteiger partial charge in [-0.15, -0.1) is 11.3 Å². The minimum atomic E-state index is -0.456. The maximum Gasteiger partial charge on any atom is 0.348 e. The summed E-state index contributed by atoms with van der Waals surface area (Å²) in [5.74, 6) is -0.412. The lowest BCUT2D eigenvalue weighted by molar-refractivity contribution is -0.380. The lowest BCUT2D eigenvalue weighted by atomic mass is 10.2. The van der Waals surface area contributed by atoms with Crippen molar-refractivity contribution in [1.82, 2.24) is 0 Å². The van der Waals surface area contributed by atoms with Crippen molar-refractivity contribution in [2.24, 2.45) is 0 Å². The summed E-state index contributed by atoms with van der Waals surface area (Å²) in [6.45, 7) is 0.0391. The van der Waals surface area contributed by atoms with Crippen molar-refractivity contribution in [1.29, 1.82) is 0 Å². The second-order valence-corrected chi connectivity index (χ2v) is 6.25. The van der Waals surface area contributed by atoms with Gasteiger partial charge in [0.1, 0.15) is 11.5 Å². The van der Waals surface area contributed by atoms with Crippen molar-refractivity contribution < 1.29 is 14.5 Å². The Morgan fingerprint density at radius 2 is 2.10 bits per heavy atom. The van der Waals surface area contributed by atoms with Gasteiger partial charge in [0.25, 0.3) is 0 Å². The molecule has 106 valence electrons. The van der Waals surface area contributed by atoms with E-state index in [9.17, 15) is 14.9 Å². The molecule has 0 spiro atoms. The average Bonchev–Trinajstić information content (AvgIpc) is 3.11. The van der Waals surface area contributed by atoms with E-state index < -0.39 is 10.9 Å². The van der Waals surface area contributed by atoms with Gasteiger partial charge in [0.2, 0.25) is 0 Å². The van der Waals surface area contributed by atoms with Crippen LogP contribution in [-0.2, 0) is 11.3 Å².